The number of benzene rings is 1. The standard InChI is InChI=1S/C13H13BrOS2/c1-8-11(14)7-12(17-8)13(15)9-3-5-10(16-2)6-4-9/h3-7,13,15H,1-2H3. The molecule has 1 atom stereocenters. The molecule has 1 N–H and O–H groups in total. The van der Waals surface area contributed by atoms with Crippen molar-refractivity contribution in [3.63, 3.8) is 0 Å². The Bertz CT molecular complexity index is 485. The van der Waals surface area contributed by atoms with Crippen LogP contribution < -0.4 is 0 Å². The number of aliphatic hydroxyl groups is 1. The molecule has 0 aliphatic carbocycles. The average Bonchev–Trinajstić information content (AvgIpc) is 2.69. The number of thiophene rings is 1. The summed E-state index contributed by atoms with van der Waals surface area (Å²) in [5, 5.41) is 10.3. The van der Waals surface area contributed by atoms with Gasteiger partial charge in [-0.15, -0.1) is 23.1 Å². The first kappa shape index (κ1) is 13.1. The molecule has 4 heteroatoms. The van der Waals surface area contributed by atoms with Crippen LogP contribution in [-0.2, 0) is 0 Å². The molecule has 0 aliphatic heterocycles. The molecule has 17 heavy (non-hydrogen) atoms. The van der Waals surface area contributed by atoms with Crippen LogP contribution in [0.5, 0.6) is 0 Å². The summed E-state index contributed by atoms with van der Waals surface area (Å²) >= 11 is 6.81. The maximum atomic E-state index is 10.3. The fourth-order valence-corrected chi connectivity index (χ4v) is 3.55. The minimum Gasteiger partial charge on any atom is -0.383 e. The Hall–Kier alpha value is -0.290. The zero-order valence-electron chi connectivity index (χ0n) is 9.61. The Morgan fingerprint density at radius 2 is 1.94 bits per heavy atom. The van der Waals surface area contributed by atoms with Gasteiger partial charge >= 0.3 is 0 Å². The summed E-state index contributed by atoms with van der Waals surface area (Å²) in [4.78, 5) is 3.38. The Balaban J connectivity index is 2.26. The molecule has 0 fully saturated rings. The van der Waals surface area contributed by atoms with Crippen LogP contribution in [0.4, 0.5) is 0 Å². The second-order valence-electron chi connectivity index (χ2n) is 3.73. The largest absolute Gasteiger partial charge is 0.383 e. The van der Waals surface area contributed by atoms with Crippen molar-refractivity contribution in [2.45, 2.75) is 17.9 Å². The van der Waals surface area contributed by atoms with Gasteiger partial charge in [-0.25, -0.2) is 0 Å². The van der Waals surface area contributed by atoms with E-state index in [4.69, 9.17) is 0 Å². The third-order valence-corrected chi connectivity index (χ3v) is 5.51. The molecule has 90 valence electrons. The Labute approximate surface area is 118 Å². The predicted molar refractivity (Wildman–Crippen MR) is 79.0 cm³/mol. The van der Waals surface area contributed by atoms with Crippen LogP contribution in [0.15, 0.2) is 39.7 Å². The zero-order valence-corrected chi connectivity index (χ0v) is 12.8. The van der Waals surface area contributed by atoms with E-state index in [1.54, 1.807) is 23.1 Å². The molecule has 1 nitrogen and oxygen atoms in total. The molecule has 2 aromatic rings. The summed E-state index contributed by atoms with van der Waals surface area (Å²) in [6.07, 6.45) is 1.52. The fraction of sp³-hybridized carbons (Fsp3) is 0.231. The van der Waals surface area contributed by atoms with E-state index in [1.165, 1.54) is 9.77 Å². The van der Waals surface area contributed by atoms with Gasteiger partial charge in [0.25, 0.3) is 0 Å². The van der Waals surface area contributed by atoms with Gasteiger partial charge in [-0.05, 0) is 52.9 Å². The van der Waals surface area contributed by atoms with E-state index < -0.39 is 6.10 Å². The Kier molecular flexibility index (Phi) is 4.31. The summed E-state index contributed by atoms with van der Waals surface area (Å²) < 4.78 is 1.07. The van der Waals surface area contributed by atoms with Gasteiger partial charge in [0.05, 0.1) is 0 Å². The van der Waals surface area contributed by atoms with E-state index in [0.29, 0.717) is 0 Å². The molecule has 1 aromatic heterocycles. The van der Waals surface area contributed by atoms with Crippen molar-refractivity contribution in [1.82, 2.24) is 0 Å². The predicted octanol–water partition coefficient (Wildman–Crippen LogP) is 4.62. The minimum absolute atomic E-state index is 0.527. The van der Waals surface area contributed by atoms with E-state index in [0.717, 1.165) is 14.9 Å². The van der Waals surface area contributed by atoms with Crippen LogP contribution in [0.1, 0.15) is 21.4 Å². The Morgan fingerprint density at radius 1 is 1.29 bits per heavy atom. The van der Waals surface area contributed by atoms with E-state index in [-0.39, 0.29) is 0 Å². The van der Waals surface area contributed by atoms with E-state index in [2.05, 4.69) is 15.9 Å². The van der Waals surface area contributed by atoms with Crippen molar-refractivity contribution < 1.29 is 5.11 Å². The minimum atomic E-state index is -0.527. The van der Waals surface area contributed by atoms with Gasteiger partial charge in [0, 0.05) is 19.1 Å². The molecule has 1 aromatic carbocycles. The van der Waals surface area contributed by atoms with Gasteiger partial charge in [0.1, 0.15) is 6.10 Å². The first-order valence-electron chi connectivity index (χ1n) is 5.19. The van der Waals surface area contributed by atoms with Gasteiger partial charge in [-0.1, -0.05) is 12.1 Å². The first-order valence-corrected chi connectivity index (χ1v) is 8.03. The monoisotopic (exact) mass is 328 g/mol. The SMILES string of the molecule is CSc1ccc(C(O)c2cc(Br)c(C)s2)cc1. The summed E-state index contributed by atoms with van der Waals surface area (Å²) in [5.74, 6) is 0. The molecule has 0 aliphatic rings. The molecule has 1 unspecified atom stereocenters. The van der Waals surface area contributed by atoms with E-state index in [1.807, 2.05) is 43.5 Å². The zero-order chi connectivity index (χ0) is 12.4. The normalized spacial score (nSPS) is 12.7. The highest BCUT2D eigenvalue weighted by Gasteiger charge is 2.14. The van der Waals surface area contributed by atoms with Crippen LogP contribution >= 0.6 is 39.0 Å². The molecule has 0 radical (unpaired) electrons. The fourth-order valence-electron chi connectivity index (χ4n) is 1.57. The lowest BCUT2D eigenvalue weighted by molar-refractivity contribution is 0.224. The number of aliphatic hydroxyl groups excluding tert-OH is 1. The molecule has 0 spiro atoms. The molecule has 2 rings (SSSR count). The molecular weight excluding hydrogens is 316 g/mol. The first-order chi connectivity index (χ1) is 8.11. The van der Waals surface area contributed by atoms with E-state index in [9.17, 15) is 5.11 Å². The van der Waals surface area contributed by atoms with Crippen molar-refractivity contribution in [3.05, 3.63) is 50.1 Å². The van der Waals surface area contributed by atoms with E-state index >= 15 is 0 Å². The number of hydrogen-bond acceptors (Lipinski definition) is 3. The van der Waals surface area contributed by atoms with Gasteiger partial charge in [0.15, 0.2) is 0 Å². The molecular formula is C13H13BrOS2. The van der Waals surface area contributed by atoms with Gasteiger partial charge in [-0.2, -0.15) is 0 Å². The lowest BCUT2D eigenvalue weighted by Crippen LogP contribution is -1.96. The van der Waals surface area contributed by atoms with Crippen molar-refractivity contribution in [3.8, 4) is 0 Å². The molecule has 1 heterocycles. The van der Waals surface area contributed by atoms with Crippen molar-refractivity contribution in [2.75, 3.05) is 6.26 Å². The van der Waals surface area contributed by atoms with Gasteiger partial charge < -0.3 is 5.11 Å². The van der Waals surface area contributed by atoms with Crippen molar-refractivity contribution in [1.29, 1.82) is 0 Å². The smallest absolute Gasteiger partial charge is 0.113 e. The molecule has 0 saturated carbocycles. The number of thioether (sulfide) groups is 1. The van der Waals surface area contributed by atoms with Gasteiger partial charge in [0.2, 0.25) is 0 Å². The third kappa shape index (κ3) is 2.94. The van der Waals surface area contributed by atoms with Gasteiger partial charge in [-0.3, -0.25) is 0 Å². The number of aryl methyl sites for hydroxylation is 1. The number of hydrogen-bond donors (Lipinski definition) is 1. The third-order valence-electron chi connectivity index (χ3n) is 2.58. The highest BCUT2D eigenvalue weighted by Crippen LogP contribution is 2.34. The number of rotatable bonds is 3. The number of halogens is 1. The summed E-state index contributed by atoms with van der Waals surface area (Å²) in [5.41, 5.74) is 0.941. The van der Waals surface area contributed by atoms with Crippen molar-refractivity contribution in [2.24, 2.45) is 0 Å². The summed E-state index contributed by atoms with van der Waals surface area (Å²) in [6.45, 7) is 2.04. The second-order valence-corrected chi connectivity index (χ2v) is 6.75. The van der Waals surface area contributed by atoms with Crippen LogP contribution in [0, 0.1) is 6.92 Å². The topological polar surface area (TPSA) is 20.2 Å². The lowest BCUT2D eigenvalue weighted by Gasteiger charge is -2.09. The maximum Gasteiger partial charge on any atom is 0.113 e. The highest BCUT2D eigenvalue weighted by molar-refractivity contribution is 9.10. The molecule has 0 bridgehead atoms. The van der Waals surface area contributed by atoms with Crippen LogP contribution in [0.3, 0.4) is 0 Å². The molecule has 0 amide bonds. The Morgan fingerprint density at radius 3 is 2.41 bits per heavy atom. The van der Waals surface area contributed by atoms with Crippen LogP contribution in [-0.4, -0.2) is 11.4 Å². The van der Waals surface area contributed by atoms with Crippen molar-refractivity contribution >= 4 is 39.0 Å². The second kappa shape index (κ2) is 5.57. The molecule has 0 saturated heterocycles. The average molecular weight is 329 g/mol. The quantitative estimate of drug-likeness (QED) is 0.829. The summed E-state index contributed by atoms with van der Waals surface area (Å²) in [7, 11) is 0. The lowest BCUT2D eigenvalue weighted by atomic mass is 10.1. The summed E-state index contributed by atoms with van der Waals surface area (Å²) in [6, 6.07) is 10.0. The van der Waals surface area contributed by atoms with Crippen LogP contribution in [0.2, 0.25) is 0 Å². The highest BCUT2D eigenvalue weighted by atomic mass is 79.9. The van der Waals surface area contributed by atoms with Crippen LogP contribution in [0.25, 0.3) is 0 Å². The maximum absolute atomic E-state index is 10.3.